The van der Waals surface area contributed by atoms with Crippen molar-refractivity contribution in [2.24, 2.45) is 0 Å². The Balaban J connectivity index is 1.72. The lowest BCUT2D eigenvalue weighted by Crippen LogP contribution is -2.13. The maximum Gasteiger partial charge on any atom is 0.0837 e. The summed E-state index contributed by atoms with van der Waals surface area (Å²) in [6.07, 6.45) is 1.96. The lowest BCUT2D eigenvalue weighted by molar-refractivity contribution is 0.0258. The topological polar surface area (TPSA) is 38.7 Å². The molecule has 88 valence electrons. The number of hydrogen-bond donors (Lipinski definition) is 1. The van der Waals surface area contributed by atoms with Gasteiger partial charge in [0, 0.05) is 13.0 Å². The number of aliphatic hydroxyl groups excluding tert-OH is 1. The van der Waals surface area contributed by atoms with Gasteiger partial charge in [0.05, 0.1) is 25.4 Å². The molecule has 1 aliphatic heterocycles. The van der Waals surface area contributed by atoms with Gasteiger partial charge in [-0.25, -0.2) is 0 Å². The van der Waals surface area contributed by atoms with Crippen LogP contribution in [0, 0.1) is 0 Å². The van der Waals surface area contributed by atoms with Crippen LogP contribution in [0.25, 0.3) is 0 Å². The third-order valence-corrected chi connectivity index (χ3v) is 2.82. The van der Waals surface area contributed by atoms with Gasteiger partial charge in [0.2, 0.25) is 0 Å². The van der Waals surface area contributed by atoms with Gasteiger partial charge in [0.1, 0.15) is 0 Å². The van der Waals surface area contributed by atoms with E-state index in [-0.39, 0.29) is 18.8 Å². The highest BCUT2D eigenvalue weighted by atomic mass is 16.6. The molecule has 2 rings (SSSR count). The molecule has 0 saturated carbocycles. The average Bonchev–Trinajstić information content (AvgIpc) is 2.76. The summed E-state index contributed by atoms with van der Waals surface area (Å²) >= 11 is 0. The molecule has 3 nitrogen and oxygen atoms in total. The van der Waals surface area contributed by atoms with Crippen LogP contribution in [-0.4, -0.2) is 30.5 Å². The number of benzene rings is 1. The van der Waals surface area contributed by atoms with Gasteiger partial charge < -0.3 is 14.6 Å². The van der Waals surface area contributed by atoms with Crippen molar-refractivity contribution in [3.63, 3.8) is 0 Å². The van der Waals surface area contributed by atoms with Crippen molar-refractivity contribution in [3.8, 4) is 0 Å². The van der Waals surface area contributed by atoms with Crippen LogP contribution in [-0.2, 0) is 16.1 Å². The Morgan fingerprint density at radius 1 is 1.31 bits per heavy atom. The molecule has 3 heteroatoms. The maximum absolute atomic E-state index is 8.80. The van der Waals surface area contributed by atoms with Gasteiger partial charge in [-0.05, 0) is 12.0 Å². The minimum absolute atomic E-state index is 0.172. The smallest absolute Gasteiger partial charge is 0.0837 e. The maximum atomic E-state index is 8.80. The van der Waals surface area contributed by atoms with Crippen LogP contribution in [0.2, 0.25) is 0 Å². The van der Waals surface area contributed by atoms with Gasteiger partial charge in [-0.15, -0.1) is 0 Å². The normalized spacial score (nSPS) is 24.8. The number of rotatable bonds is 5. The van der Waals surface area contributed by atoms with Crippen LogP contribution < -0.4 is 0 Å². The summed E-state index contributed by atoms with van der Waals surface area (Å²) in [5.41, 5.74) is 1.19. The fourth-order valence-electron chi connectivity index (χ4n) is 1.92. The molecule has 0 aromatic heterocycles. The van der Waals surface area contributed by atoms with Crippen molar-refractivity contribution in [3.05, 3.63) is 35.9 Å². The molecule has 0 radical (unpaired) electrons. The van der Waals surface area contributed by atoms with Gasteiger partial charge in [-0.2, -0.15) is 0 Å². The predicted molar refractivity (Wildman–Crippen MR) is 61.1 cm³/mol. The Kier molecular flexibility index (Phi) is 4.34. The molecule has 0 spiro atoms. The molecule has 16 heavy (non-hydrogen) atoms. The molecule has 1 aromatic carbocycles. The van der Waals surface area contributed by atoms with Crippen molar-refractivity contribution in [1.29, 1.82) is 0 Å². The first kappa shape index (κ1) is 11.6. The standard InChI is InChI=1S/C13H18O3/c14-7-6-12-8-13(10-16-12)15-9-11-4-2-1-3-5-11/h1-5,12-14H,6-10H2. The van der Waals surface area contributed by atoms with Crippen molar-refractivity contribution in [2.45, 2.75) is 31.7 Å². The van der Waals surface area contributed by atoms with E-state index < -0.39 is 0 Å². The Bertz CT molecular complexity index is 299. The van der Waals surface area contributed by atoms with Crippen molar-refractivity contribution in [1.82, 2.24) is 0 Å². The van der Waals surface area contributed by atoms with Crippen LogP contribution in [0.1, 0.15) is 18.4 Å². The van der Waals surface area contributed by atoms with Crippen molar-refractivity contribution < 1.29 is 14.6 Å². The second-order valence-corrected chi connectivity index (χ2v) is 4.12. The zero-order valence-electron chi connectivity index (χ0n) is 9.34. The molecule has 1 aliphatic rings. The molecule has 1 saturated heterocycles. The van der Waals surface area contributed by atoms with Gasteiger partial charge in [0.25, 0.3) is 0 Å². The number of hydrogen-bond acceptors (Lipinski definition) is 3. The van der Waals surface area contributed by atoms with E-state index in [4.69, 9.17) is 14.6 Å². The minimum atomic E-state index is 0.172. The Hall–Kier alpha value is -0.900. The van der Waals surface area contributed by atoms with E-state index in [9.17, 15) is 0 Å². The predicted octanol–water partition coefficient (Wildman–Crippen LogP) is 1.74. The zero-order valence-corrected chi connectivity index (χ0v) is 9.34. The Morgan fingerprint density at radius 3 is 2.88 bits per heavy atom. The Morgan fingerprint density at radius 2 is 2.12 bits per heavy atom. The first-order chi connectivity index (χ1) is 7.88. The summed E-state index contributed by atoms with van der Waals surface area (Å²) in [6.45, 7) is 1.48. The van der Waals surface area contributed by atoms with E-state index in [1.807, 2.05) is 18.2 Å². The van der Waals surface area contributed by atoms with Crippen LogP contribution in [0.5, 0.6) is 0 Å². The molecule has 2 atom stereocenters. The van der Waals surface area contributed by atoms with E-state index >= 15 is 0 Å². The molecule has 1 N–H and O–H groups in total. The Labute approximate surface area is 96.0 Å². The van der Waals surface area contributed by atoms with Crippen molar-refractivity contribution >= 4 is 0 Å². The molecule has 1 aromatic rings. The monoisotopic (exact) mass is 222 g/mol. The van der Waals surface area contributed by atoms with Crippen LogP contribution >= 0.6 is 0 Å². The van der Waals surface area contributed by atoms with Crippen LogP contribution in [0.15, 0.2) is 30.3 Å². The second kappa shape index (κ2) is 5.99. The fraction of sp³-hybridized carbons (Fsp3) is 0.538. The molecular formula is C13H18O3. The first-order valence-electron chi connectivity index (χ1n) is 5.76. The highest BCUT2D eigenvalue weighted by Gasteiger charge is 2.25. The first-order valence-corrected chi connectivity index (χ1v) is 5.76. The van der Waals surface area contributed by atoms with Crippen LogP contribution in [0.3, 0.4) is 0 Å². The zero-order chi connectivity index (χ0) is 11.2. The van der Waals surface area contributed by atoms with E-state index in [1.165, 1.54) is 5.56 Å². The van der Waals surface area contributed by atoms with Crippen LogP contribution in [0.4, 0.5) is 0 Å². The van der Waals surface area contributed by atoms with Gasteiger partial charge in [-0.3, -0.25) is 0 Å². The molecule has 0 amide bonds. The quantitative estimate of drug-likeness (QED) is 0.824. The lowest BCUT2D eigenvalue weighted by Gasteiger charge is -2.10. The van der Waals surface area contributed by atoms with Crippen molar-refractivity contribution in [2.75, 3.05) is 13.2 Å². The summed E-state index contributed by atoms with van der Waals surface area (Å²) in [5, 5.41) is 8.80. The van der Waals surface area contributed by atoms with Gasteiger partial charge in [0.15, 0.2) is 0 Å². The molecule has 2 unspecified atom stereocenters. The van der Waals surface area contributed by atoms with E-state index in [0.717, 1.165) is 6.42 Å². The number of ether oxygens (including phenoxy) is 2. The molecule has 1 fully saturated rings. The highest BCUT2D eigenvalue weighted by molar-refractivity contribution is 5.13. The van der Waals surface area contributed by atoms with E-state index in [1.54, 1.807) is 0 Å². The third-order valence-electron chi connectivity index (χ3n) is 2.82. The summed E-state index contributed by atoms with van der Waals surface area (Å²) < 4.78 is 11.3. The third kappa shape index (κ3) is 3.30. The molecular weight excluding hydrogens is 204 g/mol. The summed E-state index contributed by atoms with van der Waals surface area (Å²) in [5.74, 6) is 0. The second-order valence-electron chi connectivity index (χ2n) is 4.12. The van der Waals surface area contributed by atoms with Gasteiger partial charge >= 0.3 is 0 Å². The molecule has 1 heterocycles. The molecule has 0 aliphatic carbocycles. The average molecular weight is 222 g/mol. The summed E-state index contributed by atoms with van der Waals surface area (Å²) in [4.78, 5) is 0. The summed E-state index contributed by atoms with van der Waals surface area (Å²) in [7, 11) is 0. The van der Waals surface area contributed by atoms with E-state index in [0.29, 0.717) is 19.6 Å². The lowest BCUT2D eigenvalue weighted by atomic mass is 10.1. The number of aliphatic hydroxyl groups is 1. The summed E-state index contributed by atoms with van der Waals surface area (Å²) in [6, 6.07) is 10.1. The molecule has 0 bridgehead atoms. The van der Waals surface area contributed by atoms with Gasteiger partial charge in [-0.1, -0.05) is 30.3 Å². The highest BCUT2D eigenvalue weighted by Crippen LogP contribution is 2.19. The minimum Gasteiger partial charge on any atom is -0.396 e. The van der Waals surface area contributed by atoms with E-state index in [2.05, 4.69) is 12.1 Å². The SMILES string of the molecule is OCCC1CC(OCc2ccccc2)CO1. The fourth-order valence-corrected chi connectivity index (χ4v) is 1.92. The largest absolute Gasteiger partial charge is 0.396 e.